The quantitative estimate of drug-likeness (QED) is 0.0457. The van der Waals surface area contributed by atoms with Gasteiger partial charge in [-0.25, -0.2) is 17.9 Å². The summed E-state index contributed by atoms with van der Waals surface area (Å²) in [5.74, 6) is -0.108. The summed E-state index contributed by atoms with van der Waals surface area (Å²) in [4.78, 5) is 41.8. The monoisotopic (exact) mass is 662 g/mol. The van der Waals surface area contributed by atoms with Gasteiger partial charge in [0, 0.05) is 0 Å². The van der Waals surface area contributed by atoms with Crippen LogP contribution in [0.5, 0.6) is 0 Å². The lowest BCUT2D eigenvalue weighted by Gasteiger charge is -2.29. The van der Waals surface area contributed by atoms with Gasteiger partial charge in [-0.15, -0.1) is 0 Å². The number of hydrogen-bond acceptors (Lipinski definition) is 8. The lowest BCUT2D eigenvalue weighted by Crippen LogP contribution is -2.52. The first-order valence-corrected chi connectivity index (χ1v) is 20.3. The van der Waals surface area contributed by atoms with Gasteiger partial charge in [-0.1, -0.05) is 153 Å². The van der Waals surface area contributed by atoms with Crippen molar-refractivity contribution in [1.82, 2.24) is 4.72 Å². The molecule has 256 valence electrons. The van der Waals surface area contributed by atoms with E-state index in [4.69, 9.17) is 4.74 Å². The minimum Gasteiger partial charge on any atom is -0.388 e. The maximum Gasteiger partial charge on any atom is 0.481 e. The highest BCUT2D eigenvalue weighted by molar-refractivity contribution is 7.89. The van der Waals surface area contributed by atoms with Crippen molar-refractivity contribution in [3.05, 3.63) is 35.9 Å². The van der Waals surface area contributed by atoms with Gasteiger partial charge in [0.05, 0.1) is 18.4 Å². The molecule has 0 aliphatic heterocycles. The van der Waals surface area contributed by atoms with Crippen molar-refractivity contribution in [2.45, 2.75) is 161 Å². The van der Waals surface area contributed by atoms with Crippen LogP contribution in [0.2, 0.25) is 0 Å². The van der Waals surface area contributed by atoms with E-state index >= 15 is 0 Å². The second-order valence-electron chi connectivity index (χ2n) is 12.1. The maximum absolute atomic E-state index is 13.0. The van der Waals surface area contributed by atoms with Crippen LogP contribution in [0.3, 0.4) is 0 Å². The lowest BCUT2D eigenvalue weighted by molar-refractivity contribution is -0.135. The molecule has 1 aromatic rings. The standard InChI is InChI=1S/C33H61NO8PS/c1-3-5-7-9-10-11-12-13-14-15-16-17-18-23-27-44(40,41)34-30(26-22-8-6-4-2)31(35)32(33(36)43(37,38)39)42-28-29-24-20-19-21-25-29/h19-21,24-25,30-32,34-35,37-39H,3-18,22-23,26-28H2,1-2H3/q+1. The van der Waals surface area contributed by atoms with Crippen molar-refractivity contribution in [1.29, 1.82) is 0 Å². The fourth-order valence-corrected chi connectivity index (χ4v) is 7.31. The van der Waals surface area contributed by atoms with Gasteiger partial charge in [0.2, 0.25) is 10.0 Å². The van der Waals surface area contributed by atoms with Gasteiger partial charge < -0.3 is 9.84 Å². The molecular formula is C33H61NO8PS+. The molecule has 0 bridgehead atoms. The average molecular weight is 663 g/mol. The summed E-state index contributed by atoms with van der Waals surface area (Å²) in [6.07, 6.45) is 16.2. The fourth-order valence-electron chi connectivity index (χ4n) is 5.32. The van der Waals surface area contributed by atoms with E-state index in [0.29, 0.717) is 18.4 Å². The van der Waals surface area contributed by atoms with Crippen LogP contribution in [-0.4, -0.2) is 57.7 Å². The Labute approximate surface area is 267 Å². The van der Waals surface area contributed by atoms with Gasteiger partial charge >= 0.3 is 13.5 Å². The van der Waals surface area contributed by atoms with Crippen LogP contribution < -0.4 is 4.72 Å². The molecule has 0 saturated heterocycles. The molecule has 0 heterocycles. The summed E-state index contributed by atoms with van der Waals surface area (Å²) in [7, 11) is -8.81. The van der Waals surface area contributed by atoms with Crippen LogP contribution in [0.15, 0.2) is 30.3 Å². The number of carbonyl (C=O) groups excluding carboxylic acids is 1. The Balaban J connectivity index is 2.62. The zero-order valence-electron chi connectivity index (χ0n) is 27.2. The number of ether oxygens (including phenoxy) is 1. The van der Waals surface area contributed by atoms with Gasteiger partial charge in [-0.05, 0) is 18.4 Å². The van der Waals surface area contributed by atoms with E-state index in [1.165, 1.54) is 57.8 Å². The highest BCUT2D eigenvalue weighted by Gasteiger charge is 2.52. The zero-order valence-corrected chi connectivity index (χ0v) is 29.0. The summed E-state index contributed by atoms with van der Waals surface area (Å²) >= 11 is 0. The van der Waals surface area contributed by atoms with Crippen molar-refractivity contribution < 1.29 is 37.7 Å². The predicted molar refractivity (Wildman–Crippen MR) is 179 cm³/mol. The van der Waals surface area contributed by atoms with Crippen molar-refractivity contribution in [2.75, 3.05) is 5.75 Å². The molecule has 0 aromatic heterocycles. The molecule has 1 aromatic carbocycles. The van der Waals surface area contributed by atoms with E-state index in [2.05, 4.69) is 11.6 Å². The third-order valence-electron chi connectivity index (χ3n) is 8.00. The number of sulfonamides is 1. The van der Waals surface area contributed by atoms with Crippen molar-refractivity contribution in [2.24, 2.45) is 0 Å². The largest absolute Gasteiger partial charge is 0.481 e. The second kappa shape index (κ2) is 24.2. The molecule has 11 heteroatoms. The minimum absolute atomic E-state index is 0.108. The first-order valence-electron chi connectivity index (χ1n) is 17.0. The van der Waals surface area contributed by atoms with Crippen LogP contribution in [0.1, 0.15) is 141 Å². The van der Waals surface area contributed by atoms with Gasteiger partial charge in [0.15, 0.2) is 6.10 Å². The number of carbonyl (C=O) groups is 1. The summed E-state index contributed by atoms with van der Waals surface area (Å²) in [5.41, 5.74) is -0.793. The third kappa shape index (κ3) is 19.5. The Morgan fingerprint density at radius 1 is 0.750 bits per heavy atom. The third-order valence-corrected chi connectivity index (χ3v) is 10.3. The number of hydrogen-bond donors (Lipinski definition) is 5. The number of benzene rings is 1. The molecule has 9 nitrogen and oxygen atoms in total. The van der Waals surface area contributed by atoms with Crippen LogP contribution in [0, 0.1) is 0 Å². The van der Waals surface area contributed by atoms with Gasteiger partial charge in [-0.3, -0.25) is 0 Å². The number of aliphatic hydroxyl groups is 1. The van der Waals surface area contributed by atoms with E-state index in [1.54, 1.807) is 30.3 Å². The Morgan fingerprint density at radius 3 is 1.68 bits per heavy atom. The van der Waals surface area contributed by atoms with Crippen LogP contribution in [0.25, 0.3) is 0 Å². The molecule has 44 heavy (non-hydrogen) atoms. The fraction of sp³-hybridized carbons (Fsp3) is 0.788. The van der Waals surface area contributed by atoms with E-state index in [0.717, 1.165) is 44.9 Å². The number of rotatable bonds is 29. The molecule has 0 aliphatic rings. The first kappa shape index (κ1) is 41.1. The first-order chi connectivity index (χ1) is 21.0. The topological polar surface area (TPSA) is 153 Å². The Hall–Kier alpha value is -0.970. The SMILES string of the molecule is CCCCCCCCCCCCCCCCS(=O)(=O)NC(CCCCCC)C(O)C(OCc1ccccc1)C(=O)[P+](O)(O)O. The molecule has 0 saturated carbocycles. The van der Waals surface area contributed by atoms with Crippen LogP contribution in [-0.2, 0) is 26.2 Å². The summed E-state index contributed by atoms with van der Waals surface area (Å²) < 4.78 is 34.2. The van der Waals surface area contributed by atoms with Crippen LogP contribution >= 0.6 is 7.94 Å². The smallest absolute Gasteiger partial charge is 0.388 e. The Morgan fingerprint density at radius 2 is 1.20 bits per heavy atom. The zero-order chi connectivity index (χ0) is 32.7. The highest BCUT2D eigenvalue weighted by Crippen LogP contribution is 2.47. The number of aliphatic hydroxyl groups excluding tert-OH is 1. The number of nitrogens with one attached hydrogen (secondary N) is 1. The molecule has 5 N–H and O–H groups in total. The van der Waals surface area contributed by atoms with Gasteiger partial charge in [0.1, 0.15) is 6.10 Å². The molecule has 3 unspecified atom stereocenters. The van der Waals surface area contributed by atoms with E-state index < -0.39 is 41.7 Å². The molecule has 0 fully saturated rings. The van der Waals surface area contributed by atoms with Crippen LogP contribution in [0.4, 0.5) is 0 Å². The average Bonchev–Trinajstić information content (AvgIpc) is 2.98. The molecule has 3 atom stereocenters. The molecule has 1 rings (SSSR count). The Kier molecular flexibility index (Phi) is 22.6. The summed E-state index contributed by atoms with van der Waals surface area (Å²) in [6, 6.07) is 7.68. The summed E-state index contributed by atoms with van der Waals surface area (Å²) in [6.45, 7) is 4.13. The minimum atomic E-state index is -5.01. The van der Waals surface area contributed by atoms with E-state index in [1.807, 2.05) is 6.92 Å². The Bertz CT molecular complexity index is 958. The van der Waals surface area contributed by atoms with E-state index in [9.17, 15) is 33.0 Å². The van der Waals surface area contributed by atoms with Gasteiger partial charge in [0.25, 0.3) is 0 Å². The van der Waals surface area contributed by atoms with Crippen molar-refractivity contribution in [3.63, 3.8) is 0 Å². The van der Waals surface area contributed by atoms with Crippen molar-refractivity contribution in [3.8, 4) is 0 Å². The highest BCUT2D eigenvalue weighted by atomic mass is 32.2. The molecule has 0 spiro atoms. The normalized spacial score (nSPS) is 14.4. The maximum atomic E-state index is 13.0. The lowest BCUT2D eigenvalue weighted by atomic mass is 10.00. The molecule has 0 amide bonds. The number of unbranched alkanes of at least 4 members (excludes halogenated alkanes) is 16. The predicted octanol–water partition coefficient (Wildman–Crippen LogP) is 6.94. The molecule has 0 radical (unpaired) electrons. The van der Waals surface area contributed by atoms with E-state index in [-0.39, 0.29) is 18.8 Å². The second-order valence-corrected chi connectivity index (χ2v) is 15.6. The molecule has 0 aliphatic carbocycles. The van der Waals surface area contributed by atoms with Crippen molar-refractivity contribution >= 4 is 23.5 Å². The molecular weight excluding hydrogens is 601 g/mol. The summed E-state index contributed by atoms with van der Waals surface area (Å²) in [5, 5.41) is 11.2. The van der Waals surface area contributed by atoms with Gasteiger partial charge in [-0.2, -0.15) is 14.7 Å².